The molecule has 1 amide bonds. The van der Waals surface area contributed by atoms with Gasteiger partial charge in [-0.05, 0) is 43.5 Å². The van der Waals surface area contributed by atoms with Crippen LogP contribution in [-0.4, -0.2) is 44.1 Å². The van der Waals surface area contributed by atoms with Crippen LogP contribution in [0.4, 0.5) is 5.69 Å². The van der Waals surface area contributed by atoms with Gasteiger partial charge in [0.2, 0.25) is 5.91 Å². The van der Waals surface area contributed by atoms with Gasteiger partial charge in [0, 0.05) is 41.5 Å². The zero-order chi connectivity index (χ0) is 21.8. The van der Waals surface area contributed by atoms with Crippen LogP contribution in [0.1, 0.15) is 19.3 Å². The third-order valence-corrected chi connectivity index (χ3v) is 6.39. The van der Waals surface area contributed by atoms with Crippen LogP contribution in [0, 0.1) is 10.1 Å². The summed E-state index contributed by atoms with van der Waals surface area (Å²) >= 11 is 7.43. The van der Waals surface area contributed by atoms with Crippen LogP contribution in [0.5, 0.6) is 0 Å². The number of hydrogen-bond acceptors (Lipinski definition) is 5. The predicted octanol–water partition coefficient (Wildman–Crippen LogP) is 5.21. The number of rotatable bonds is 6. The maximum absolute atomic E-state index is 12.6. The van der Waals surface area contributed by atoms with E-state index in [1.165, 1.54) is 30.3 Å². The molecule has 0 unspecified atom stereocenters. The number of imidazole rings is 1. The molecule has 7 nitrogen and oxygen atoms in total. The van der Waals surface area contributed by atoms with E-state index in [-0.39, 0.29) is 11.6 Å². The number of nitrogens with zero attached hydrogens (tertiary/aromatic N) is 4. The van der Waals surface area contributed by atoms with Crippen LogP contribution in [0.25, 0.3) is 16.9 Å². The van der Waals surface area contributed by atoms with E-state index in [0.29, 0.717) is 27.2 Å². The summed E-state index contributed by atoms with van der Waals surface area (Å²) in [5, 5.41) is 12.5. The zero-order valence-electron chi connectivity index (χ0n) is 16.7. The fourth-order valence-corrected chi connectivity index (χ4v) is 4.64. The monoisotopic (exact) mass is 456 g/mol. The van der Waals surface area contributed by atoms with Crippen LogP contribution < -0.4 is 0 Å². The Morgan fingerprint density at radius 2 is 1.87 bits per heavy atom. The topological polar surface area (TPSA) is 81.3 Å². The molecule has 0 radical (unpaired) electrons. The van der Waals surface area contributed by atoms with E-state index >= 15 is 0 Å². The summed E-state index contributed by atoms with van der Waals surface area (Å²) in [7, 11) is 0. The lowest BCUT2D eigenvalue weighted by Gasteiger charge is -2.26. The van der Waals surface area contributed by atoms with Crippen molar-refractivity contribution in [3.05, 3.63) is 69.9 Å². The zero-order valence-corrected chi connectivity index (χ0v) is 18.3. The number of non-ortho nitro benzene ring substituents is 1. The summed E-state index contributed by atoms with van der Waals surface area (Å²) in [6.45, 7) is 1.62. The number of halogens is 1. The van der Waals surface area contributed by atoms with E-state index in [1.807, 2.05) is 27.7 Å². The van der Waals surface area contributed by atoms with Crippen molar-refractivity contribution >= 4 is 35.0 Å². The van der Waals surface area contributed by atoms with E-state index in [9.17, 15) is 14.9 Å². The minimum absolute atomic E-state index is 0.0100. The molecule has 1 fully saturated rings. The molecule has 0 bridgehead atoms. The van der Waals surface area contributed by atoms with Gasteiger partial charge in [0.05, 0.1) is 22.6 Å². The quantitative estimate of drug-likeness (QED) is 0.289. The lowest BCUT2D eigenvalue weighted by Crippen LogP contribution is -2.36. The van der Waals surface area contributed by atoms with Crippen molar-refractivity contribution < 1.29 is 9.72 Å². The molecular formula is C22H21ClN4O3S. The molecule has 0 aliphatic carbocycles. The molecule has 2 heterocycles. The van der Waals surface area contributed by atoms with Gasteiger partial charge in [-0.25, -0.2) is 4.98 Å². The standard InChI is InChI=1S/C22H21ClN4O3S/c23-17-7-9-18(10-8-17)26-20(16-5-4-6-19(13-16)27(29)30)14-24-22(26)31-15-21(28)25-11-2-1-3-12-25/h4-10,13-14H,1-3,11-12,15H2. The van der Waals surface area contributed by atoms with Crippen molar-refractivity contribution in [2.75, 3.05) is 18.8 Å². The first kappa shape index (κ1) is 21.4. The first-order valence-electron chi connectivity index (χ1n) is 10.0. The van der Waals surface area contributed by atoms with E-state index in [2.05, 4.69) is 4.98 Å². The van der Waals surface area contributed by atoms with Crippen molar-refractivity contribution in [1.29, 1.82) is 0 Å². The van der Waals surface area contributed by atoms with Crippen LogP contribution >= 0.6 is 23.4 Å². The lowest BCUT2D eigenvalue weighted by molar-refractivity contribution is -0.384. The number of amides is 1. The molecule has 1 aliphatic heterocycles. The maximum Gasteiger partial charge on any atom is 0.270 e. The van der Waals surface area contributed by atoms with Crippen LogP contribution in [0.2, 0.25) is 5.02 Å². The molecule has 0 N–H and O–H groups in total. The third kappa shape index (κ3) is 4.91. The Morgan fingerprint density at radius 1 is 1.13 bits per heavy atom. The number of carbonyl (C=O) groups excluding carboxylic acids is 1. The SMILES string of the molecule is O=C(CSc1ncc(-c2cccc([N+](=O)[O-])c2)n1-c1ccc(Cl)cc1)N1CCCCC1. The fraction of sp³-hybridized carbons (Fsp3) is 0.273. The number of likely N-dealkylation sites (tertiary alicyclic amines) is 1. The molecule has 3 aromatic rings. The van der Waals surface area contributed by atoms with Gasteiger partial charge in [0.25, 0.3) is 5.69 Å². The molecule has 2 aromatic carbocycles. The van der Waals surface area contributed by atoms with Crippen LogP contribution in [0.15, 0.2) is 59.9 Å². The molecule has 0 atom stereocenters. The van der Waals surface area contributed by atoms with Crippen LogP contribution in [-0.2, 0) is 4.79 Å². The minimum Gasteiger partial charge on any atom is -0.342 e. The highest BCUT2D eigenvalue weighted by molar-refractivity contribution is 7.99. The molecule has 4 rings (SSSR count). The maximum atomic E-state index is 12.6. The second-order valence-electron chi connectivity index (χ2n) is 7.28. The first-order chi connectivity index (χ1) is 15.0. The molecular weight excluding hydrogens is 436 g/mol. The average molecular weight is 457 g/mol. The Balaban J connectivity index is 1.67. The van der Waals surface area contributed by atoms with Gasteiger partial charge in [-0.2, -0.15) is 0 Å². The molecule has 0 spiro atoms. The average Bonchev–Trinajstić information content (AvgIpc) is 3.22. The number of nitro benzene ring substituents is 1. The second-order valence-corrected chi connectivity index (χ2v) is 8.65. The molecule has 0 saturated carbocycles. The Hall–Kier alpha value is -2.84. The summed E-state index contributed by atoms with van der Waals surface area (Å²) in [6.07, 6.45) is 4.95. The molecule has 1 aromatic heterocycles. The molecule has 31 heavy (non-hydrogen) atoms. The number of benzene rings is 2. The van der Waals surface area contributed by atoms with Gasteiger partial charge in [-0.3, -0.25) is 19.5 Å². The number of aromatic nitrogens is 2. The van der Waals surface area contributed by atoms with E-state index < -0.39 is 4.92 Å². The van der Waals surface area contributed by atoms with Crippen molar-refractivity contribution in [3.8, 4) is 16.9 Å². The fourth-order valence-electron chi connectivity index (χ4n) is 3.62. The van der Waals surface area contributed by atoms with Crippen LogP contribution in [0.3, 0.4) is 0 Å². The van der Waals surface area contributed by atoms with Crippen molar-refractivity contribution in [2.45, 2.75) is 24.4 Å². The molecule has 1 aliphatic rings. The number of nitro groups is 1. The Labute approximate surface area is 189 Å². The number of piperidine rings is 1. The lowest BCUT2D eigenvalue weighted by atomic mass is 10.1. The van der Waals surface area contributed by atoms with E-state index in [1.54, 1.807) is 24.4 Å². The minimum atomic E-state index is -0.417. The van der Waals surface area contributed by atoms with Gasteiger partial charge in [0.1, 0.15) is 0 Å². The highest BCUT2D eigenvalue weighted by Crippen LogP contribution is 2.32. The van der Waals surface area contributed by atoms with Gasteiger partial charge in [-0.15, -0.1) is 0 Å². The van der Waals surface area contributed by atoms with Crippen molar-refractivity contribution in [1.82, 2.24) is 14.5 Å². The number of thioether (sulfide) groups is 1. The van der Waals surface area contributed by atoms with Gasteiger partial charge >= 0.3 is 0 Å². The Bertz CT molecular complexity index is 1090. The highest BCUT2D eigenvalue weighted by atomic mass is 35.5. The van der Waals surface area contributed by atoms with E-state index in [4.69, 9.17) is 11.6 Å². The summed E-state index contributed by atoms with van der Waals surface area (Å²) in [5.74, 6) is 0.395. The second kappa shape index (κ2) is 9.53. The van der Waals surface area contributed by atoms with Gasteiger partial charge in [-0.1, -0.05) is 35.5 Å². The summed E-state index contributed by atoms with van der Waals surface area (Å²) < 4.78 is 1.91. The Kier molecular flexibility index (Phi) is 6.58. The largest absolute Gasteiger partial charge is 0.342 e. The van der Waals surface area contributed by atoms with Gasteiger partial charge in [0.15, 0.2) is 5.16 Å². The highest BCUT2D eigenvalue weighted by Gasteiger charge is 2.20. The van der Waals surface area contributed by atoms with Crippen molar-refractivity contribution in [2.24, 2.45) is 0 Å². The smallest absolute Gasteiger partial charge is 0.270 e. The Morgan fingerprint density at radius 3 is 2.58 bits per heavy atom. The first-order valence-corrected chi connectivity index (χ1v) is 11.4. The molecule has 160 valence electrons. The summed E-state index contributed by atoms with van der Waals surface area (Å²) in [6, 6.07) is 13.7. The normalized spacial score (nSPS) is 13.9. The number of carbonyl (C=O) groups is 1. The molecule has 9 heteroatoms. The summed E-state index contributed by atoms with van der Waals surface area (Å²) in [4.78, 5) is 29.9. The van der Waals surface area contributed by atoms with E-state index in [0.717, 1.165) is 31.6 Å². The number of hydrogen-bond donors (Lipinski definition) is 0. The summed E-state index contributed by atoms with van der Waals surface area (Å²) in [5.41, 5.74) is 2.21. The predicted molar refractivity (Wildman–Crippen MR) is 122 cm³/mol. The van der Waals surface area contributed by atoms with Gasteiger partial charge < -0.3 is 4.90 Å². The van der Waals surface area contributed by atoms with Crippen molar-refractivity contribution in [3.63, 3.8) is 0 Å². The third-order valence-electron chi connectivity index (χ3n) is 5.20. The molecule has 1 saturated heterocycles.